The van der Waals surface area contributed by atoms with Crippen molar-refractivity contribution in [1.29, 1.82) is 0 Å². The number of amides is 1. The lowest BCUT2D eigenvalue weighted by Crippen LogP contribution is -2.44. The molecule has 8 nitrogen and oxygen atoms in total. The summed E-state index contributed by atoms with van der Waals surface area (Å²) in [5.41, 5.74) is 0.0846. The van der Waals surface area contributed by atoms with Crippen molar-refractivity contribution in [3.63, 3.8) is 0 Å². The Kier molecular flexibility index (Phi) is 9.35. The SMILES string of the molecule is COCCOCc1cc(C(F)(F)F)cc2sc(NC(=O)c3cc(Cl)cc(CN4C[C@H](C)O[C@@H](C)C4)c3O)nc12. The summed E-state index contributed by atoms with van der Waals surface area (Å²) in [6, 6.07) is 4.92. The molecule has 4 rings (SSSR count). The molecule has 2 N–H and O–H groups in total. The van der Waals surface area contributed by atoms with E-state index in [0.29, 0.717) is 25.2 Å². The molecule has 2 atom stereocenters. The van der Waals surface area contributed by atoms with E-state index in [-0.39, 0.29) is 69.3 Å². The number of hydrogen-bond acceptors (Lipinski definition) is 8. The van der Waals surface area contributed by atoms with E-state index < -0.39 is 17.6 Å². The van der Waals surface area contributed by atoms with Gasteiger partial charge in [0.2, 0.25) is 0 Å². The molecule has 0 saturated carbocycles. The lowest BCUT2D eigenvalue weighted by Gasteiger charge is -2.35. The number of fused-ring (bicyclic) bond motifs is 1. The molecular formula is C26H29ClF3N3O5S. The molecule has 0 aliphatic carbocycles. The minimum Gasteiger partial charge on any atom is -0.507 e. The zero-order valence-electron chi connectivity index (χ0n) is 21.6. The van der Waals surface area contributed by atoms with Crippen LogP contribution in [0.3, 0.4) is 0 Å². The van der Waals surface area contributed by atoms with Crippen LogP contribution < -0.4 is 5.32 Å². The van der Waals surface area contributed by atoms with Crippen LogP contribution in [0.5, 0.6) is 5.75 Å². The van der Waals surface area contributed by atoms with Gasteiger partial charge in [0.05, 0.1) is 53.4 Å². The maximum Gasteiger partial charge on any atom is 0.416 e. The minimum atomic E-state index is -4.57. The number of ether oxygens (including phenoxy) is 3. The first-order chi connectivity index (χ1) is 18.4. The smallest absolute Gasteiger partial charge is 0.416 e. The number of rotatable bonds is 9. The van der Waals surface area contributed by atoms with Gasteiger partial charge in [0.1, 0.15) is 5.75 Å². The van der Waals surface area contributed by atoms with Gasteiger partial charge in [-0.1, -0.05) is 22.9 Å². The summed E-state index contributed by atoms with van der Waals surface area (Å²) >= 11 is 7.18. The first kappa shape index (κ1) is 29.5. The lowest BCUT2D eigenvalue weighted by atomic mass is 10.1. The number of phenolic OH excluding ortho intramolecular Hbond substituents is 1. The van der Waals surface area contributed by atoms with E-state index in [1.54, 1.807) is 6.07 Å². The number of aromatic hydroxyl groups is 1. The van der Waals surface area contributed by atoms with Crippen molar-refractivity contribution < 1.29 is 37.3 Å². The van der Waals surface area contributed by atoms with E-state index in [0.717, 1.165) is 23.5 Å². The standard InChI is InChI=1S/C26H29ClF3N3O5S/c1-14-10-33(11-15(2)38-14)12-16-7-19(27)9-20(23(16)34)24(35)32-25-31-22-17(13-37-5-4-36-3)6-18(26(28,29)30)8-21(22)39-25/h6-9,14-15,34H,4-5,10-13H2,1-3H3,(H,31,32,35)/t14-,15-/m0/s1. The van der Waals surface area contributed by atoms with Crippen LogP contribution in [0.2, 0.25) is 5.02 Å². The summed E-state index contributed by atoms with van der Waals surface area (Å²) in [5.74, 6) is -0.913. The number of morpholine rings is 1. The predicted octanol–water partition coefficient (Wildman–Crippen LogP) is 5.70. The van der Waals surface area contributed by atoms with Crippen LogP contribution in [-0.4, -0.2) is 66.5 Å². The maximum absolute atomic E-state index is 13.5. The van der Waals surface area contributed by atoms with Gasteiger partial charge in [-0.2, -0.15) is 13.2 Å². The predicted molar refractivity (Wildman–Crippen MR) is 143 cm³/mol. The number of aromatic nitrogens is 1. The molecule has 3 aromatic rings. The van der Waals surface area contributed by atoms with Crippen molar-refractivity contribution in [3.8, 4) is 5.75 Å². The number of benzene rings is 2. The van der Waals surface area contributed by atoms with E-state index in [1.807, 2.05) is 13.8 Å². The number of nitrogens with zero attached hydrogens (tertiary/aromatic N) is 2. The van der Waals surface area contributed by atoms with Crippen molar-refractivity contribution in [2.75, 3.05) is 38.7 Å². The number of carbonyl (C=O) groups is 1. The molecule has 212 valence electrons. The van der Waals surface area contributed by atoms with Gasteiger partial charge in [0, 0.05) is 42.9 Å². The molecule has 0 bridgehead atoms. The van der Waals surface area contributed by atoms with Crippen LogP contribution >= 0.6 is 22.9 Å². The highest BCUT2D eigenvalue weighted by atomic mass is 35.5. The Hall–Kier alpha value is -2.48. The van der Waals surface area contributed by atoms with Crippen molar-refractivity contribution in [2.24, 2.45) is 0 Å². The first-order valence-corrected chi connectivity index (χ1v) is 13.4. The van der Waals surface area contributed by atoms with Gasteiger partial charge >= 0.3 is 6.18 Å². The summed E-state index contributed by atoms with van der Waals surface area (Å²) in [5, 5.41) is 13.9. The number of anilines is 1. The second-order valence-electron chi connectivity index (χ2n) is 9.41. The van der Waals surface area contributed by atoms with Gasteiger partial charge in [-0.3, -0.25) is 15.0 Å². The lowest BCUT2D eigenvalue weighted by molar-refractivity contribution is -0.137. The number of nitrogens with one attached hydrogen (secondary N) is 1. The van der Waals surface area contributed by atoms with Crippen LogP contribution in [0, 0.1) is 0 Å². The monoisotopic (exact) mass is 587 g/mol. The third kappa shape index (κ3) is 7.38. The summed E-state index contributed by atoms with van der Waals surface area (Å²) in [4.78, 5) is 19.6. The van der Waals surface area contributed by atoms with E-state index in [9.17, 15) is 23.1 Å². The quantitative estimate of drug-likeness (QED) is 0.310. The van der Waals surface area contributed by atoms with E-state index >= 15 is 0 Å². The average Bonchev–Trinajstić information content (AvgIpc) is 3.25. The molecule has 1 fully saturated rings. The topological polar surface area (TPSA) is 93.2 Å². The van der Waals surface area contributed by atoms with E-state index in [1.165, 1.54) is 13.2 Å². The first-order valence-electron chi connectivity index (χ1n) is 12.2. The molecule has 0 unspecified atom stereocenters. The fourth-order valence-electron chi connectivity index (χ4n) is 4.52. The molecule has 1 saturated heterocycles. The molecular weight excluding hydrogens is 559 g/mol. The Balaban J connectivity index is 1.58. The normalized spacial score (nSPS) is 18.5. The molecule has 1 aromatic heterocycles. The highest BCUT2D eigenvalue weighted by Crippen LogP contribution is 2.37. The Morgan fingerprint density at radius 2 is 1.92 bits per heavy atom. The summed E-state index contributed by atoms with van der Waals surface area (Å²) in [6.07, 6.45) is -4.53. The molecule has 0 radical (unpaired) electrons. The van der Waals surface area contributed by atoms with Crippen molar-refractivity contribution in [3.05, 3.63) is 51.5 Å². The Morgan fingerprint density at radius 1 is 1.21 bits per heavy atom. The van der Waals surface area contributed by atoms with Crippen LogP contribution in [0.4, 0.5) is 18.3 Å². The molecule has 1 amide bonds. The fourth-order valence-corrected chi connectivity index (χ4v) is 5.71. The third-order valence-corrected chi connectivity index (χ3v) is 7.23. The number of carbonyl (C=O) groups excluding carboxylic acids is 1. The van der Waals surface area contributed by atoms with Crippen LogP contribution in [0.1, 0.15) is 40.9 Å². The number of thiazole rings is 1. The van der Waals surface area contributed by atoms with Gasteiger partial charge < -0.3 is 19.3 Å². The molecule has 1 aliphatic heterocycles. The van der Waals surface area contributed by atoms with Gasteiger partial charge in [-0.05, 0) is 38.1 Å². The van der Waals surface area contributed by atoms with Gasteiger partial charge in [-0.25, -0.2) is 4.98 Å². The molecule has 39 heavy (non-hydrogen) atoms. The van der Waals surface area contributed by atoms with E-state index in [2.05, 4.69) is 15.2 Å². The highest BCUT2D eigenvalue weighted by Gasteiger charge is 2.32. The number of hydrogen-bond donors (Lipinski definition) is 2. The van der Waals surface area contributed by atoms with Crippen molar-refractivity contribution in [1.82, 2.24) is 9.88 Å². The minimum absolute atomic E-state index is 0.0185. The summed E-state index contributed by atoms with van der Waals surface area (Å²) < 4.78 is 56.9. The number of alkyl halides is 3. The van der Waals surface area contributed by atoms with Crippen LogP contribution in [0.25, 0.3) is 10.2 Å². The largest absolute Gasteiger partial charge is 0.507 e. The second kappa shape index (κ2) is 12.4. The van der Waals surface area contributed by atoms with Gasteiger partial charge in [0.15, 0.2) is 5.13 Å². The Labute approximate surface area is 232 Å². The van der Waals surface area contributed by atoms with Gasteiger partial charge in [-0.15, -0.1) is 0 Å². The van der Waals surface area contributed by atoms with Crippen LogP contribution in [-0.2, 0) is 33.5 Å². The second-order valence-corrected chi connectivity index (χ2v) is 10.9. The number of halogens is 4. The zero-order chi connectivity index (χ0) is 28.3. The summed E-state index contributed by atoms with van der Waals surface area (Å²) in [6.45, 7) is 5.96. The third-order valence-electron chi connectivity index (χ3n) is 6.10. The van der Waals surface area contributed by atoms with Crippen molar-refractivity contribution in [2.45, 2.75) is 45.4 Å². The number of methoxy groups -OCH3 is 1. The Morgan fingerprint density at radius 3 is 2.59 bits per heavy atom. The number of phenols is 1. The van der Waals surface area contributed by atoms with Gasteiger partial charge in [0.25, 0.3) is 5.91 Å². The molecule has 2 heterocycles. The molecule has 13 heteroatoms. The van der Waals surface area contributed by atoms with Crippen molar-refractivity contribution >= 4 is 44.2 Å². The zero-order valence-corrected chi connectivity index (χ0v) is 23.2. The molecule has 2 aromatic carbocycles. The molecule has 1 aliphatic rings. The maximum atomic E-state index is 13.5. The molecule has 0 spiro atoms. The Bertz CT molecular complexity index is 1330. The van der Waals surface area contributed by atoms with E-state index in [4.69, 9.17) is 25.8 Å². The van der Waals surface area contributed by atoms with Crippen LogP contribution in [0.15, 0.2) is 24.3 Å². The average molecular weight is 588 g/mol. The fraction of sp³-hybridized carbons (Fsp3) is 0.462. The summed E-state index contributed by atoms with van der Waals surface area (Å²) in [7, 11) is 1.49. The highest BCUT2D eigenvalue weighted by molar-refractivity contribution is 7.22.